The molecule has 3 fully saturated rings. The zero-order valence-electron chi connectivity index (χ0n) is 12.4. The fourth-order valence-electron chi connectivity index (χ4n) is 3.71. The Balaban J connectivity index is 1.49. The molecule has 5 nitrogen and oxygen atoms in total. The molecule has 2 aliphatic heterocycles. The van der Waals surface area contributed by atoms with E-state index in [1.165, 1.54) is 18.5 Å². The van der Waals surface area contributed by atoms with Gasteiger partial charge in [-0.05, 0) is 32.6 Å². The lowest BCUT2D eigenvalue weighted by molar-refractivity contribution is 0.257. The van der Waals surface area contributed by atoms with Crippen molar-refractivity contribution in [2.75, 3.05) is 29.5 Å². The van der Waals surface area contributed by atoms with Crippen molar-refractivity contribution in [1.29, 1.82) is 0 Å². The molecule has 0 aromatic carbocycles. The average Bonchev–Trinajstić information content (AvgIpc) is 3.20. The van der Waals surface area contributed by atoms with E-state index in [4.69, 9.17) is 0 Å². The van der Waals surface area contributed by atoms with Gasteiger partial charge in [-0.15, -0.1) is 0 Å². The summed E-state index contributed by atoms with van der Waals surface area (Å²) in [6.45, 7) is 3.78. The molecule has 2 saturated heterocycles. The summed E-state index contributed by atoms with van der Waals surface area (Å²) in [5.74, 6) is 3.30. The van der Waals surface area contributed by atoms with E-state index in [1.54, 1.807) is 0 Å². The Morgan fingerprint density at radius 2 is 1.86 bits per heavy atom. The maximum absolute atomic E-state index is 11.4. The maximum Gasteiger partial charge on any atom is 0.151 e. The highest BCUT2D eigenvalue weighted by Gasteiger charge is 2.49. The van der Waals surface area contributed by atoms with Crippen LogP contribution in [0.4, 0.5) is 5.82 Å². The van der Waals surface area contributed by atoms with E-state index < -0.39 is 9.84 Å². The Kier molecular flexibility index (Phi) is 2.83. The summed E-state index contributed by atoms with van der Waals surface area (Å²) in [5.41, 5.74) is 1.25. The van der Waals surface area contributed by atoms with Gasteiger partial charge in [0.25, 0.3) is 0 Å². The van der Waals surface area contributed by atoms with Crippen LogP contribution in [0.3, 0.4) is 0 Å². The van der Waals surface area contributed by atoms with Crippen molar-refractivity contribution >= 4 is 15.7 Å². The van der Waals surface area contributed by atoms with Crippen LogP contribution in [-0.2, 0) is 9.84 Å². The number of anilines is 1. The van der Waals surface area contributed by atoms with Crippen molar-refractivity contribution in [2.24, 2.45) is 5.41 Å². The molecular formula is C15H21N3O2S. The topological polar surface area (TPSA) is 63.2 Å². The minimum atomic E-state index is -2.73. The number of sulfone groups is 1. The molecule has 3 aliphatic rings. The lowest BCUT2D eigenvalue weighted by Gasteiger charge is -2.47. The first-order valence-electron chi connectivity index (χ1n) is 7.76. The highest BCUT2D eigenvalue weighted by atomic mass is 32.2. The van der Waals surface area contributed by atoms with Crippen LogP contribution in [0.15, 0.2) is 6.07 Å². The summed E-state index contributed by atoms with van der Waals surface area (Å²) in [7, 11) is -2.73. The first kappa shape index (κ1) is 13.5. The molecule has 1 spiro atoms. The number of nitrogens with zero attached hydrogens (tertiary/aromatic N) is 3. The van der Waals surface area contributed by atoms with Crippen LogP contribution in [0.25, 0.3) is 0 Å². The van der Waals surface area contributed by atoms with Crippen LogP contribution in [0.2, 0.25) is 0 Å². The van der Waals surface area contributed by atoms with Gasteiger partial charge in [-0.1, -0.05) is 0 Å². The van der Waals surface area contributed by atoms with Gasteiger partial charge in [0.05, 0.1) is 11.5 Å². The second-order valence-electron chi connectivity index (χ2n) is 6.99. The van der Waals surface area contributed by atoms with Crippen LogP contribution in [-0.4, -0.2) is 43.0 Å². The Hall–Kier alpha value is -1.17. The first-order valence-corrected chi connectivity index (χ1v) is 9.58. The van der Waals surface area contributed by atoms with E-state index in [0.717, 1.165) is 37.6 Å². The SMILES string of the molecule is Cc1nc(C2CC2)cc(N2CCC3(CC2)CS(=O)(=O)C3)n1. The van der Waals surface area contributed by atoms with Gasteiger partial charge in [0.15, 0.2) is 9.84 Å². The number of aromatic nitrogens is 2. The molecule has 3 heterocycles. The average molecular weight is 307 g/mol. The molecule has 0 bridgehead atoms. The highest BCUT2D eigenvalue weighted by Crippen LogP contribution is 2.43. The van der Waals surface area contributed by atoms with Gasteiger partial charge in [0, 0.05) is 36.2 Å². The van der Waals surface area contributed by atoms with Gasteiger partial charge >= 0.3 is 0 Å². The van der Waals surface area contributed by atoms with Crippen molar-refractivity contribution in [3.8, 4) is 0 Å². The Morgan fingerprint density at radius 1 is 1.19 bits per heavy atom. The number of rotatable bonds is 2. The van der Waals surface area contributed by atoms with E-state index in [0.29, 0.717) is 17.4 Å². The molecular weight excluding hydrogens is 286 g/mol. The van der Waals surface area contributed by atoms with Gasteiger partial charge in [0.1, 0.15) is 11.6 Å². The summed E-state index contributed by atoms with van der Waals surface area (Å²) < 4.78 is 22.9. The molecule has 4 rings (SSSR count). The summed E-state index contributed by atoms with van der Waals surface area (Å²) in [6.07, 6.45) is 4.43. The standard InChI is InChI=1S/C15H21N3O2S/c1-11-16-13(12-2-3-12)8-14(17-11)18-6-4-15(5-7-18)9-21(19,20)10-15/h8,12H,2-7,9-10H2,1H3. The molecule has 0 radical (unpaired) electrons. The number of hydrogen-bond acceptors (Lipinski definition) is 5. The van der Waals surface area contributed by atoms with Crippen molar-refractivity contribution in [3.05, 3.63) is 17.6 Å². The molecule has 114 valence electrons. The van der Waals surface area contributed by atoms with Gasteiger partial charge in [-0.3, -0.25) is 0 Å². The van der Waals surface area contributed by atoms with Gasteiger partial charge in [0.2, 0.25) is 0 Å². The third-order valence-corrected chi connectivity index (χ3v) is 7.14. The van der Waals surface area contributed by atoms with Crippen LogP contribution in [0, 0.1) is 12.3 Å². The summed E-state index contributed by atoms with van der Waals surface area (Å²) >= 11 is 0. The summed E-state index contributed by atoms with van der Waals surface area (Å²) in [4.78, 5) is 11.4. The predicted octanol–water partition coefficient (Wildman–Crippen LogP) is 1.68. The molecule has 0 amide bonds. The third kappa shape index (κ3) is 2.54. The smallest absolute Gasteiger partial charge is 0.151 e. The summed E-state index contributed by atoms with van der Waals surface area (Å²) in [5, 5.41) is 0. The monoisotopic (exact) mass is 307 g/mol. The first-order chi connectivity index (χ1) is 9.95. The van der Waals surface area contributed by atoms with Crippen molar-refractivity contribution in [2.45, 2.75) is 38.5 Å². The van der Waals surface area contributed by atoms with Crippen LogP contribution >= 0.6 is 0 Å². The molecule has 0 unspecified atom stereocenters. The molecule has 1 aliphatic carbocycles. The molecule has 6 heteroatoms. The molecule has 1 aromatic rings. The van der Waals surface area contributed by atoms with Gasteiger partial charge in [-0.2, -0.15) is 0 Å². The van der Waals surface area contributed by atoms with Crippen LogP contribution < -0.4 is 4.90 Å². The molecule has 1 saturated carbocycles. The van der Waals surface area contributed by atoms with E-state index in [9.17, 15) is 8.42 Å². The van der Waals surface area contributed by atoms with E-state index in [1.807, 2.05) is 6.92 Å². The minimum Gasteiger partial charge on any atom is -0.356 e. The fourth-order valence-corrected chi connectivity index (χ4v) is 6.07. The molecule has 0 N–H and O–H groups in total. The fraction of sp³-hybridized carbons (Fsp3) is 0.733. The van der Waals surface area contributed by atoms with Gasteiger partial charge < -0.3 is 4.90 Å². The lowest BCUT2D eigenvalue weighted by Crippen LogP contribution is -2.54. The van der Waals surface area contributed by atoms with Crippen LogP contribution in [0.1, 0.15) is 43.1 Å². The number of aryl methyl sites for hydroxylation is 1. The Labute approximate surface area is 125 Å². The zero-order valence-corrected chi connectivity index (χ0v) is 13.2. The van der Waals surface area contributed by atoms with Crippen molar-refractivity contribution < 1.29 is 8.42 Å². The second kappa shape index (κ2) is 4.41. The molecule has 0 atom stereocenters. The normalized spacial score (nSPS) is 26.6. The second-order valence-corrected chi connectivity index (χ2v) is 9.06. The van der Waals surface area contributed by atoms with E-state index in [-0.39, 0.29) is 5.41 Å². The van der Waals surface area contributed by atoms with Gasteiger partial charge in [-0.25, -0.2) is 18.4 Å². The van der Waals surface area contributed by atoms with E-state index in [2.05, 4.69) is 20.9 Å². The van der Waals surface area contributed by atoms with Crippen molar-refractivity contribution in [1.82, 2.24) is 9.97 Å². The number of piperidine rings is 1. The zero-order chi connectivity index (χ0) is 14.7. The van der Waals surface area contributed by atoms with E-state index >= 15 is 0 Å². The third-order valence-electron chi connectivity index (χ3n) is 5.04. The quantitative estimate of drug-likeness (QED) is 0.832. The Bertz CT molecular complexity index is 660. The van der Waals surface area contributed by atoms with Crippen LogP contribution in [0.5, 0.6) is 0 Å². The minimum absolute atomic E-state index is 0.0662. The predicted molar refractivity (Wildman–Crippen MR) is 81.3 cm³/mol. The molecule has 21 heavy (non-hydrogen) atoms. The Morgan fingerprint density at radius 3 is 2.43 bits per heavy atom. The van der Waals surface area contributed by atoms with Crippen molar-refractivity contribution in [3.63, 3.8) is 0 Å². The maximum atomic E-state index is 11.4. The largest absolute Gasteiger partial charge is 0.356 e. The number of hydrogen-bond donors (Lipinski definition) is 0. The highest BCUT2D eigenvalue weighted by molar-refractivity contribution is 7.92. The summed E-state index contributed by atoms with van der Waals surface area (Å²) in [6, 6.07) is 2.14. The lowest BCUT2D eigenvalue weighted by atomic mass is 9.81. The molecule has 1 aromatic heterocycles.